The Kier molecular flexibility index (Phi) is 3.59. The average molecular weight is 218 g/mol. The molecule has 0 unspecified atom stereocenters. The maximum absolute atomic E-state index is 10.8. The van der Waals surface area contributed by atoms with E-state index in [1.54, 1.807) is 4.68 Å². The van der Waals surface area contributed by atoms with Gasteiger partial charge in [0.2, 0.25) is 0 Å². The molecule has 80 valence electrons. The van der Waals surface area contributed by atoms with Crippen molar-refractivity contribution in [1.29, 1.82) is 0 Å². The quantitative estimate of drug-likeness (QED) is 0.696. The van der Waals surface area contributed by atoms with E-state index in [1.165, 1.54) is 12.6 Å². The van der Waals surface area contributed by atoms with Crippen LogP contribution in [0.25, 0.3) is 0 Å². The van der Waals surface area contributed by atoms with Gasteiger partial charge in [0.15, 0.2) is 0 Å². The molecule has 0 fully saturated rings. The van der Waals surface area contributed by atoms with E-state index in [9.17, 15) is 8.42 Å². The first kappa shape index (κ1) is 11.1. The molecule has 1 aromatic heterocycles. The van der Waals surface area contributed by atoms with Crippen molar-refractivity contribution in [1.82, 2.24) is 14.8 Å². The topological polar surface area (TPSA) is 90.9 Å². The molecule has 0 spiro atoms. The first-order valence-electron chi connectivity index (χ1n) is 4.27. The van der Waals surface area contributed by atoms with E-state index in [2.05, 4.69) is 10.1 Å². The Morgan fingerprint density at radius 3 is 2.86 bits per heavy atom. The Bertz CT molecular complexity index is 384. The van der Waals surface area contributed by atoms with Gasteiger partial charge in [0.05, 0.1) is 12.3 Å². The molecule has 0 aliphatic rings. The van der Waals surface area contributed by atoms with Crippen LogP contribution in [0.2, 0.25) is 0 Å². The van der Waals surface area contributed by atoms with Gasteiger partial charge in [0.25, 0.3) is 0 Å². The molecule has 14 heavy (non-hydrogen) atoms. The lowest BCUT2D eigenvalue weighted by Gasteiger charge is -2.03. The highest BCUT2D eigenvalue weighted by molar-refractivity contribution is 7.90. The molecule has 0 amide bonds. The number of nitrogens with two attached hydrogens (primary N) is 1. The summed E-state index contributed by atoms with van der Waals surface area (Å²) in [5.41, 5.74) is 5.41. The zero-order valence-corrected chi connectivity index (χ0v) is 8.87. The van der Waals surface area contributed by atoms with Gasteiger partial charge in [-0.05, 0) is 6.42 Å². The summed E-state index contributed by atoms with van der Waals surface area (Å²) in [7, 11) is -2.89. The second-order valence-electron chi connectivity index (χ2n) is 3.09. The molecule has 6 nitrogen and oxygen atoms in total. The second kappa shape index (κ2) is 4.52. The summed E-state index contributed by atoms with van der Waals surface area (Å²) in [6.45, 7) is 0.860. The predicted octanol–water partition coefficient (Wildman–Crippen LogP) is -0.828. The smallest absolute Gasteiger partial charge is 0.147 e. The fraction of sp³-hybridized carbons (Fsp3) is 0.714. The van der Waals surface area contributed by atoms with Crippen molar-refractivity contribution in [2.45, 2.75) is 19.5 Å². The molecule has 0 saturated heterocycles. The number of aromatic nitrogens is 3. The van der Waals surface area contributed by atoms with Crippen LogP contribution in [0.3, 0.4) is 0 Å². The summed E-state index contributed by atoms with van der Waals surface area (Å²) in [5.74, 6) is 0.843. The molecule has 0 aliphatic carbocycles. The Balaban J connectivity index is 2.46. The first-order valence-corrected chi connectivity index (χ1v) is 6.33. The summed E-state index contributed by atoms with van der Waals surface area (Å²) >= 11 is 0. The van der Waals surface area contributed by atoms with Crippen LogP contribution in [0.4, 0.5) is 0 Å². The number of sulfone groups is 1. The van der Waals surface area contributed by atoms with E-state index in [0.717, 1.165) is 0 Å². The number of rotatable bonds is 5. The van der Waals surface area contributed by atoms with Crippen LogP contribution in [0.5, 0.6) is 0 Å². The maximum Gasteiger partial charge on any atom is 0.147 e. The minimum Gasteiger partial charge on any atom is -0.324 e. The number of nitrogens with zero attached hydrogens (tertiary/aromatic N) is 3. The van der Waals surface area contributed by atoms with Gasteiger partial charge in [0.1, 0.15) is 22.0 Å². The molecule has 0 atom stereocenters. The van der Waals surface area contributed by atoms with Crippen LogP contribution < -0.4 is 5.73 Å². The third kappa shape index (κ3) is 3.43. The summed E-state index contributed by atoms with van der Waals surface area (Å²) in [5, 5.41) is 3.94. The summed E-state index contributed by atoms with van der Waals surface area (Å²) in [4.78, 5) is 3.93. The first-order chi connectivity index (χ1) is 6.53. The van der Waals surface area contributed by atoms with E-state index >= 15 is 0 Å². The lowest BCUT2D eigenvalue weighted by atomic mass is 10.5. The molecule has 1 heterocycles. The monoisotopic (exact) mass is 218 g/mol. The van der Waals surface area contributed by atoms with Crippen molar-refractivity contribution >= 4 is 9.84 Å². The zero-order chi connectivity index (χ0) is 10.6. The number of hydrogen-bond donors (Lipinski definition) is 1. The molecule has 7 heteroatoms. The van der Waals surface area contributed by atoms with Crippen LogP contribution in [-0.2, 0) is 22.9 Å². The largest absolute Gasteiger partial charge is 0.324 e. The second-order valence-corrected chi connectivity index (χ2v) is 5.35. The van der Waals surface area contributed by atoms with Crippen LogP contribution in [-0.4, -0.2) is 35.2 Å². The van der Waals surface area contributed by atoms with Gasteiger partial charge < -0.3 is 5.73 Å². The van der Waals surface area contributed by atoms with E-state index in [1.807, 2.05) is 0 Å². The van der Waals surface area contributed by atoms with Crippen molar-refractivity contribution in [3.8, 4) is 0 Å². The minimum atomic E-state index is -2.89. The van der Waals surface area contributed by atoms with Crippen LogP contribution in [0.1, 0.15) is 12.2 Å². The normalized spacial score (nSPS) is 11.9. The van der Waals surface area contributed by atoms with Crippen LogP contribution in [0.15, 0.2) is 6.33 Å². The molecule has 0 radical (unpaired) electrons. The van der Waals surface area contributed by atoms with Crippen molar-refractivity contribution in [3.05, 3.63) is 12.2 Å². The SMILES string of the molecule is CS(=O)(=O)CCCn1ncnc1CN. The fourth-order valence-electron chi connectivity index (χ4n) is 1.11. The van der Waals surface area contributed by atoms with Gasteiger partial charge in [-0.25, -0.2) is 18.1 Å². The molecular formula is C7H14N4O2S. The predicted molar refractivity (Wildman–Crippen MR) is 52.2 cm³/mol. The van der Waals surface area contributed by atoms with Crippen molar-refractivity contribution < 1.29 is 8.42 Å². The summed E-state index contributed by atoms with van der Waals surface area (Å²) in [6, 6.07) is 0. The van der Waals surface area contributed by atoms with Gasteiger partial charge >= 0.3 is 0 Å². The zero-order valence-electron chi connectivity index (χ0n) is 8.05. The summed E-state index contributed by atoms with van der Waals surface area (Å²) < 4.78 is 23.3. The molecular weight excluding hydrogens is 204 g/mol. The molecule has 1 rings (SSSR count). The van der Waals surface area contributed by atoms with E-state index in [4.69, 9.17) is 5.73 Å². The van der Waals surface area contributed by atoms with Gasteiger partial charge in [-0.2, -0.15) is 5.10 Å². The van der Waals surface area contributed by atoms with Crippen molar-refractivity contribution in [3.63, 3.8) is 0 Å². The van der Waals surface area contributed by atoms with Crippen molar-refractivity contribution in [2.24, 2.45) is 5.73 Å². The highest BCUT2D eigenvalue weighted by atomic mass is 32.2. The Morgan fingerprint density at radius 2 is 2.29 bits per heavy atom. The van der Waals surface area contributed by atoms with Gasteiger partial charge in [-0.1, -0.05) is 0 Å². The molecule has 0 saturated carbocycles. The number of aryl methyl sites for hydroxylation is 1. The Morgan fingerprint density at radius 1 is 1.57 bits per heavy atom. The molecule has 0 aliphatic heterocycles. The Labute approximate surface area is 83.0 Å². The Hall–Kier alpha value is -0.950. The highest BCUT2D eigenvalue weighted by Crippen LogP contribution is 1.96. The van der Waals surface area contributed by atoms with Gasteiger partial charge in [-0.3, -0.25) is 0 Å². The van der Waals surface area contributed by atoms with Crippen LogP contribution >= 0.6 is 0 Å². The molecule has 2 N–H and O–H groups in total. The third-order valence-electron chi connectivity index (χ3n) is 1.76. The lowest BCUT2D eigenvalue weighted by molar-refractivity contribution is 0.558. The van der Waals surface area contributed by atoms with Gasteiger partial charge in [0, 0.05) is 12.8 Å². The molecule has 1 aromatic rings. The molecule has 0 aromatic carbocycles. The van der Waals surface area contributed by atoms with E-state index in [-0.39, 0.29) is 5.75 Å². The van der Waals surface area contributed by atoms with Crippen LogP contribution in [0, 0.1) is 0 Å². The third-order valence-corrected chi connectivity index (χ3v) is 2.79. The highest BCUT2D eigenvalue weighted by Gasteiger charge is 2.04. The average Bonchev–Trinajstić information content (AvgIpc) is 2.49. The molecule has 0 bridgehead atoms. The maximum atomic E-state index is 10.8. The van der Waals surface area contributed by atoms with E-state index in [0.29, 0.717) is 25.3 Å². The standard InChI is InChI=1S/C7H14N4O2S/c1-14(12,13)4-2-3-11-7(5-8)9-6-10-11/h6H,2-5,8H2,1H3. The fourth-order valence-corrected chi connectivity index (χ4v) is 1.76. The number of hydrogen-bond acceptors (Lipinski definition) is 5. The minimum absolute atomic E-state index is 0.164. The van der Waals surface area contributed by atoms with E-state index < -0.39 is 9.84 Å². The summed E-state index contributed by atoms with van der Waals surface area (Å²) in [6.07, 6.45) is 3.18. The lowest BCUT2D eigenvalue weighted by Crippen LogP contribution is -2.13. The van der Waals surface area contributed by atoms with Gasteiger partial charge in [-0.15, -0.1) is 0 Å². The van der Waals surface area contributed by atoms with Crippen molar-refractivity contribution in [2.75, 3.05) is 12.0 Å².